The summed E-state index contributed by atoms with van der Waals surface area (Å²) in [6, 6.07) is 7.98. The second kappa shape index (κ2) is 10.5. The van der Waals surface area contributed by atoms with E-state index in [1.807, 2.05) is 62.5 Å². The summed E-state index contributed by atoms with van der Waals surface area (Å²) in [5.41, 5.74) is 3.33. The highest BCUT2D eigenvalue weighted by atomic mass is 32.1. The molecule has 0 saturated heterocycles. The number of amides is 1. The molecule has 1 fully saturated rings. The summed E-state index contributed by atoms with van der Waals surface area (Å²) in [6.45, 7) is 4.02. The molecular formula is C26H31N5O3S. The first kappa shape index (κ1) is 24.8. The molecule has 1 aromatic carbocycles. The van der Waals surface area contributed by atoms with E-state index in [-0.39, 0.29) is 24.3 Å². The van der Waals surface area contributed by atoms with Crippen molar-refractivity contribution in [2.75, 3.05) is 23.9 Å². The van der Waals surface area contributed by atoms with Gasteiger partial charge in [0, 0.05) is 42.6 Å². The number of thiazole rings is 1. The van der Waals surface area contributed by atoms with Gasteiger partial charge in [-0.15, -0.1) is 11.3 Å². The summed E-state index contributed by atoms with van der Waals surface area (Å²) in [7, 11) is 3.84. The lowest BCUT2D eigenvalue weighted by molar-refractivity contribution is -0.140. The zero-order chi connectivity index (χ0) is 25.1. The number of carbonyl (C=O) groups excluding carboxylic acids is 1. The van der Waals surface area contributed by atoms with Gasteiger partial charge in [-0.2, -0.15) is 0 Å². The van der Waals surface area contributed by atoms with Crippen LogP contribution in [0.4, 0.5) is 10.9 Å². The summed E-state index contributed by atoms with van der Waals surface area (Å²) < 4.78 is 0. The molecule has 1 aliphatic carbocycles. The quantitative estimate of drug-likeness (QED) is 0.426. The van der Waals surface area contributed by atoms with E-state index in [9.17, 15) is 14.7 Å². The van der Waals surface area contributed by atoms with Gasteiger partial charge in [0.15, 0.2) is 5.13 Å². The lowest BCUT2D eigenvalue weighted by atomic mass is 9.93. The third kappa shape index (κ3) is 5.85. The fraction of sp³-hybridized carbons (Fsp3) is 0.423. The molecule has 0 bridgehead atoms. The van der Waals surface area contributed by atoms with Gasteiger partial charge >= 0.3 is 5.97 Å². The summed E-state index contributed by atoms with van der Waals surface area (Å²) in [5, 5.41) is 12.0. The standard InChI is InChI=1S/C26H31N5O3S/c1-16(2)11-17(12-24(32)33)25(34)31(18-9-10-18)26-29-22(15-35-26)20-8-6-5-7-19(20)21-13-28-23(14-27-21)30(3)4/h5-8,13-18H,9-12H2,1-4H3,(H,32,33). The highest BCUT2D eigenvalue weighted by molar-refractivity contribution is 7.14. The zero-order valence-electron chi connectivity index (χ0n) is 20.5. The average Bonchev–Trinajstić information content (AvgIpc) is 3.54. The average molecular weight is 494 g/mol. The summed E-state index contributed by atoms with van der Waals surface area (Å²) in [5.74, 6) is -0.641. The number of carboxylic acid groups (broad SMARTS) is 1. The van der Waals surface area contributed by atoms with Crippen LogP contribution in [0.1, 0.15) is 39.5 Å². The number of carbonyl (C=O) groups is 2. The van der Waals surface area contributed by atoms with Crippen LogP contribution in [0.15, 0.2) is 42.0 Å². The van der Waals surface area contributed by atoms with Gasteiger partial charge in [-0.3, -0.25) is 19.5 Å². The van der Waals surface area contributed by atoms with Crippen molar-refractivity contribution in [2.45, 2.75) is 45.6 Å². The number of hydrogen-bond donors (Lipinski definition) is 1. The maximum Gasteiger partial charge on any atom is 0.304 e. The van der Waals surface area contributed by atoms with Crippen molar-refractivity contribution in [3.8, 4) is 22.5 Å². The molecule has 8 nitrogen and oxygen atoms in total. The third-order valence-electron chi connectivity index (χ3n) is 5.95. The van der Waals surface area contributed by atoms with Crippen molar-refractivity contribution >= 4 is 34.2 Å². The van der Waals surface area contributed by atoms with E-state index in [1.54, 1.807) is 17.3 Å². The Kier molecular flexibility index (Phi) is 7.45. The van der Waals surface area contributed by atoms with E-state index in [2.05, 4.69) is 9.97 Å². The second-order valence-electron chi connectivity index (χ2n) is 9.58. The number of hydrogen-bond acceptors (Lipinski definition) is 7. The largest absolute Gasteiger partial charge is 0.481 e. The van der Waals surface area contributed by atoms with Gasteiger partial charge in [0.2, 0.25) is 5.91 Å². The maximum atomic E-state index is 13.5. The number of carboxylic acids is 1. The fourth-order valence-corrected chi connectivity index (χ4v) is 5.03. The van der Waals surface area contributed by atoms with Crippen molar-refractivity contribution in [3.63, 3.8) is 0 Å². The van der Waals surface area contributed by atoms with Crippen LogP contribution in [-0.2, 0) is 9.59 Å². The van der Waals surface area contributed by atoms with Gasteiger partial charge in [0.1, 0.15) is 5.82 Å². The maximum absolute atomic E-state index is 13.5. The van der Waals surface area contributed by atoms with Gasteiger partial charge < -0.3 is 10.0 Å². The number of nitrogens with zero attached hydrogens (tertiary/aromatic N) is 5. The predicted octanol–water partition coefficient (Wildman–Crippen LogP) is 4.97. The zero-order valence-corrected chi connectivity index (χ0v) is 21.3. The number of anilines is 2. The van der Waals surface area contributed by atoms with Crippen LogP contribution in [0.25, 0.3) is 22.5 Å². The Morgan fingerprint density at radius 1 is 1.09 bits per heavy atom. The summed E-state index contributed by atoms with van der Waals surface area (Å²) in [6.07, 6.45) is 5.69. The Bertz CT molecular complexity index is 1190. The summed E-state index contributed by atoms with van der Waals surface area (Å²) in [4.78, 5) is 42.6. The number of rotatable bonds is 10. The first-order valence-corrected chi connectivity index (χ1v) is 12.7. The molecule has 3 aromatic rings. The van der Waals surface area contributed by atoms with Crippen LogP contribution >= 0.6 is 11.3 Å². The molecule has 1 amide bonds. The Morgan fingerprint density at radius 2 is 1.77 bits per heavy atom. The van der Waals surface area contributed by atoms with Gasteiger partial charge in [-0.1, -0.05) is 38.1 Å². The van der Waals surface area contributed by atoms with E-state index in [1.165, 1.54) is 11.3 Å². The monoisotopic (exact) mass is 493 g/mol. The highest BCUT2D eigenvalue weighted by Crippen LogP contribution is 2.39. The molecule has 1 atom stereocenters. The van der Waals surface area contributed by atoms with Crippen LogP contribution in [0.2, 0.25) is 0 Å². The van der Waals surface area contributed by atoms with Crippen LogP contribution < -0.4 is 9.80 Å². The molecule has 1 N–H and O–H groups in total. The Balaban J connectivity index is 1.65. The fourth-order valence-electron chi connectivity index (χ4n) is 4.13. The second-order valence-corrected chi connectivity index (χ2v) is 10.4. The lowest BCUT2D eigenvalue weighted by Gasteiger charge is -2.25. The minimum absolute atomic E-state index is 0.0876. The van der Waals surface area contributed by atoms with Gasteiger partial charge in [-0.25, -0.2) is 9.97 Å². The molecule has 2 aromatic heterocycles. The Morgan fingerprint density at radius 3 is 2.31 bits per heavy atom. The molecule has 0 radical (unpaired) electrons. The number of benzene rings is 1. The van der Waals surface area contributed by atoms with Crippen molar-refractivity contribution in [1.29, 1.82) is 0 Å². The highest BCUT2D eigenvalue weighted by Gasteiger charge is 2.39. The van der Waals surface area contributed by atoms with Gasteiger partial charge in [-0.05, 0) is 25.2 Å². The SMILES string of the molecule is CC(C)CC(CC(=O)O)C(=O)N(c1nc(-c2ccccc2-c2cnc(N(C)C)cn2)cs1)C1CC1. The number of aliphatic carboxylic acids is 1. The van der Waals surface area contributed by atoms with E-state index in [0.717, 1.165) is 41.2 Å². The lowest BCUT2D eigenvalue weighted by Crippen LogP contribution is -2.39. The van der Waals surface area contributed by atoms with Gasteiger partial charge in [0.25, 0.3) is 0 Å². The first-order chi connectivity index (χ1) is 16.7. The van der Waals surface area contributed by atoms with Crippen LogP contribution in [0, 0.1) is 11.8 Å². The van der Waals surface area contributed by atoms with Crippen molar-refractivity contribution in [3.05, 3.63) is 42.0 Å². The molecule has 1 aliphatic rings. The molecule has 1 saturated carbocycles. The minimum Gasteiger partial charge on any atom is -0.481 e. The predicted molar refractivity (Wildman–Crippen MR) is 139 cm³/mol. The van der Waals surface area contributed by atoms with Crippen molar-refractivity contribution in [1.82, 2.24) is 15.0 Å². The molecule has 35 heavy (non-hydrogen) atoms. The molecule has 0 spiro atoms. The Labute approximate surface area is 209 Å². The first-order valence-electron chi connectivity index (χ1n) is 11.8. The molecule has 0 aliphatic heterocycles. The van der Waals surface area contributed by atoms with Gasteiger partial charge in [0.05, 0.1) is 30.2 Å². The molecule has 1 unspecified atom stereocenters. The third-order valence-corrected chi connectivity index (χ3v) is 6.79. The number of aromatic nitrogens is 3. The smallest absolute Gasteiger partial charge is 0.304 e. The topological polar surface area (TPSA) is 99.5 Å². The van der Waals surface area contributed by atoms with Crippen LogP contribution in [0.3, 0.4) is 0 Å². The van der Waals surface area contributed by atoms with Crippen molar-refractivity contribution < 1.29 is 14.7 Å². The van der Waals surface area contributed by atoms with E-state index in [4.69, 9.17) is 4.98 Å². The molecule has 2 heterocycles. The molecule has 9 heteroatoms. The molecule has 184 valence electrons. The van der Waals surface area contributed by atoms with Crippen LogP contribution in [0.5, 0.6) is 0 Å². The Hall–Kier alpha value is -3.33. The van der Waals surface area contributed by atoms with E-state index >= 15 is 0 Å². The molecule has 4 rings (SSSR count). The normalized spacial score (nSPS) is 14.1. The molecular weight excluding hydrogens is 462 g/mol. The minimum atomic E-state index is -0.949. The van der Waals surface area contributed by atoms with E-state index in [0.29, 0.717) is 11.6 Å². The summed E-state index contributed by atoms with van der Waals surface area (Å²) >= 11 is 1.42. The van der Waals surface area contributed by atoms with Crippen molar-refractivity contribution in [2.24, 2.45) is 11.8 Å². The van der Waals surface area contributed by atoms with Crippen LogP contribution in [-0.4, -0.2) is 52.1 Å². The van der Waals surface area contributed by atoms with E-state index < -0.39 is 11.9 Å².